The van der Waals surface area contributed by atoms with Crippen molar-refractivity contribution < 1.29 is 13.3 Å². The van der Waals surface area contributed by atoms with Crippen molar-refractivity contribution in [1.29, 1.82) is 0 Å². The minimum atomic E-state index is -4.03. The van der Waals surface area contributed by atoms with Crippen LogP contribution in [-0.2, 0) is 10.0 Å². The molecule has 21 heavy (non-hydrogen) atoms. The molecule has 0 unspecified atom stereocenters. The molecule has 1 rings (SSSR count). The molecule has 0 bridgehead atoms. The van der Waals surface area contributed by atoms with Crippen LogP contribution in [0.15, 0.2) is 23.1 Å². The van der Waals surface area contributed by atoms with Crippen LogP contribution < -0.4 is 10.5 Å². The quantitative estimate of drug-likeness (QED) is 0.587. The van der Waals surface area contributed by atoms with Crippen LogP contribution in [-0.4, -0.2) is 25.4 Å². The highest BCUT2D eigenvalue weighted by molar-refractivity contribution is 7.89. The summed E-state index contributed by atoms with van der Waals surface area (Å²) in [6.07, 6.45) is 0.998. The Hall–Kier alpha value is -1.51. The first-order valence-electron chi connectivity index (χ1n) is 6.71. The molecule has 0 spiro atoms. The normalized spacial score (nSPS) is 12.4. The maximum atomic E-state index is 12.6. The Labute approximate surface area is 124 Å². The number of aryl methyl sites for hydroxylation is 1. The summed E-state index contributed by atoms with van der Waals surface area (Å²) >= 11 is 0. The first kappa shape index (κ1) is 17.5. The van der Waals surface area contributed by atoms with Crippen molar-refractivity contribution in [3.63, 3.8) is 0 Å². The molecule has 0 aliphatic rings. The summed E-state index contributed by atoms with van der Waals surface area (Å²) in [5.41, 5.74) is 4.79. The van der Waals surface area contributed by atoms with Gasteiger partial charge in [-0.3, -0.25) is 10.1 Å². The molecule has 0 fully saturated rings. The smallest absolute Gasteiger partial charge is 0.289 e. The molecule has 0 aliphatic carbocycles. The van der Waals surface area contributed by atoms with E-state index < -0.39 is 26.2 Å². The zero-order chi connectivity index (χ0) is 16.3. The highest BCUT2D eigenvalue weighted by atomic mass is 32.2. The largest absolute Gasteiger partial charge is 0.329 e. The zero-order valence-electron chi connectivity index (χ0n) is 12.4. The number of hydrogen-bond acceptors (Lipinski definition) is 5. The van der Waals surface area contributed by atoms with E-state index in [1.807, 2.05) is 13.8 Å². The van der Waals surface area contributed by atoms with E-state index in [4.69, 9.17) is 5.73 Å². The van der Waals surface area contributed by atoms with Gasteiger partial charge < -0.3 is 5.73 Å². The van der Waals surface area contributed by atoms with Gasteiger partial charge >= 0.3 is 0 Å². The van der Waals surface area contributed by atoms with Crippen molar-refractivity contribution in [2.45, 2.75) is 44.0 Å². The van der Waals surface area contributed by atoms with Gasteiger partial charge in [0.2, 0.25) is 10.0 Å². The van der Waals surface area contributed by atoms with Gasteiger partial charge in [-0.15, -0.1) is 0 Å². The maximum absolute atomic E-state index is 12.6. The van der Waals surface area contributed by atoms with Crippen molar-refractivity contribution in [2.75, 3.05) is 6.54 Å². The van der Waals surface area contributed by atoms with Crippen LogP contribution in [0.5, 0.6) is 0 Å². The van der Waals surface area contributed by atoms with Gasteiger partial charge in [-0.2, -0.15) is 0 Å². The fourth-order valence-corrected chi connectivity index (χ4v) is 4.15. The molecule has 0 aromatic heterocycles. The molecule has 0 amide bonds. The predicted molar refractivity (Wildman–Crippen MR) is 80.5 cm³/mol. The number of sulfonamides is 1. The van der Waals surface area contributed by atoms with E-state index >= 15 is 0 Å². The maximum Gasteiger partial charge on any atom is 0.289 e. The number of nitrogens with two attached hydrogens (primary N) is 1. The molecule has 7 nitrogen and oxygen atoms in total. The summed E-state index contributed by atoms with van der Waals surface area (Å²) < 4.78 is 27.8. The third-order valence-corrected chi connectivity index (χ3v) is 5.52. The van der Waals surface area contributed by atoms with Crippen LogP contribution in [0.3, 0.4) is 0 Å². The van der Waals surface area contributed by atoms with E-state index in [9.17, 15) is 18.5 Å². The van der Waals surface area contributed by atoms with Gasteiger partial charge in [0.1, 0.15) is 0 Å². The second-order valence-electron chi connectivity index (χ2n) is 4.98. The summed E-state index contributed by atoms with van der Waals surface area (Å²) in [6, 6.07) is 4.18. The Bertz CT molecular complexity index is 616. The molecule has 0 saturated carbocycles. The summed E-state index contributed by atoms with van der Waals surface area (Å²) in [5.74, 6) is 0. The molecule has 0 saturated heterocycles. The lowest BCUT2D eigenvalue weighted by Gasteiger charge is -2.31. The average molecular weight is 315 g/mol. The molecule has 8 heteroatoms. The van der Waals surface area contributed by atoms with E-state index in [0.717, 1.165) is 0 Å². The first-order chi connectivity index (χ1) is 9.73. The van der Waals surface area contributed by atoms with Gasteiger partial charge in [-0.05, 0) is 25.3 Å². The van der Waals surface area contributed by atoms with Crippen molar-refractivity contribution in [3.05, 3.63) is 33.9 Å². The first-order valence-corrected chi connectivity index (χ1v) is 8.19. The minimum Gasteiger partial charge on any atom is -0.329 e. The summed E-state index contributed by atoms with van der Waals surface area (Å²) in [6.45, 7) is 5.30. The second kappa shape index (κ2) is 6.50. The van der Waals surface area contributed by atoms with E-state index in [0.29, 0.717) is 18.4 Å². The van der Waals surface area contributed by atoms with Crippen molar-refractivity contribution >= 4 is 15.7 Å². The molecule has 1 aromatic rings. The number of nitro benzene ring substituents is 1. The van der Waals surface area contributed by atoms with E-state index in [1.54, 1.807) is 0 Å². The van der Waals surface area contributed by atoms with Gasteiger partial charge in [-0.1, -0.05) is 26.0 Å². The standard InChI is InChI=1S/C13H21N3O4S/c1-4-13(5-2,9-14)15-21(19,20)12-10(3)7-6-8-11(12)16(17)18/h6-8,15H,4-5,9,14H2,1-3H3. The Morgan fingerprint density at radius 1 is 1.33 bits per heavy atom. The third-order valence-electron chi connectivity index (χ3n) is 3.75. The van der Waals surface area contributed by atoms with Gasteiger partial charge in [-0.25, -0.2) is 13.1 Å². The number of nitrogens with one attached hydrogen (secondary N) is 1. The minimum absolute atomic E-state index is 0.124. The van der Waals surface area contributed by atoms with Crippen molar-refractivity contribution in [1.82, 2.24) is 4.72 Å². The Morgan fingerprint density at radius 2 is 1.90 bits per heavy atom. The Balaban J connectivity index is 3.42. The number of rotatable bonds is 7. The molecule has 118 valence electrons. The van der Waals surface area contributed by atoms with Crippen LogP contribution in [0.4, 0.5) is 5.69 Å². The number of nitro groups is 1. The van der Waals surface area contributed by atoms with E-state index in [1.165, 1.54) is 25.1 Å². The molecule has 0 aliphatic heterocycles. The monoisotopic (exact) mass is 315 g/mol. The van der Waals surface area contributed by atoms with E-state index in [-0.39, 0.29) is 11.4 Å². The molecule has 0 radical (unpaired) electrons. The predicted octanol–water partition coefficient (Wildman–Crippen LogP) is 1.70. The van der Waals surface area contributed by atoms with Gasteiger partial charge in [0.15, 0.2) is 4.90 Å². The topological polar surface area (TPSA) is 115 Å². The average Bonchev–Trinajstić information content (AvgIpc) is 2.44. The van der Waals surface area contributed by atoms with Gasteiger partial charge in [0, 0.05) is 18.2 Å². The molecular weight excluding hydrogens is 294 g/mol. The lowest BCUT2D eigenvalue weighted by atomic mass is 9.95. The van der Waals surface area contributed by atoms with Crippen LogP contribution >= 0.6 is 0 Å². The van der Waals surface area contributed by atoms with Crippen LogP contribution in [0.2, 0.25) is 0 Å². The Kier molecular flexibility index (Phi) is 5.43. The van der Waals surface area contributed by atoms with Crippen LogP contribution in [0.25, 0.3) is 0 Å². The third kappa shape index (κ3) is 3.58. The molecule has 3 N–H and O–H groups in total. The molecule has 1 aromatic carbocycles. The summed E-state index contributed by atoms with van der Waals surface area (Å²) in [7, 11) is -4.03. The molecule has 0 atom stereocenters. The summed E-state index contributed by atoms with van der Waals surface area (Å²) in [5, 5.41) is 11.1. The van der Waals surface area contributed by atoms with Gasteiger partial charge in [0.25, 0.3) is 5.69 Å². The number of benzene rings is 1. The fourth-order valence-electron chi connectivity index (χ4n) is 2.19. The van der Waals surface area contributed by atoms with Crippen molar-refractivity contribution in [3.8, 4) is 0 Å². The highest BCUT2D eigenvalue weighted by Crippen LogP contribution is 2.28. The van der Waals surface area contributed by atoms with E-state index in [2.05, 4.69) is 4.72 Å². The summed E-state index contributed by atoms with van der Waals surface area (Å²) in [4.78, 5) is 10.1. The number of nitrogens with zero attached hydrogens (tertiary/aromatic N) is 1. The number of hydrogen-bond donors (Lipinski definition) is 2. The lowest BCUT2D eigenvalue weighted by molar-refractivity contribution is -0.387. The zero-order valence-corrected chi connectivity index (χ0v) is 13.2. The molecular formula is C13H21N3O4S. The van der Waals surface area contributed by atoms with Crippen molar-refractivity contribution in [2.24, 2.45) is 5.73 Å². The highest BCUT2D eigenvalue weighted by Gasteiger charge is 2.35. The fraction of sp³-hybridized carbons (Fsp3) is 0.538. The van der Waals surface area contributed by atoms with Gasteiger partial charge in [0.05, 0.1) is 4.92 Å². The van der Waals surface area contributed by atoms with Crippen LogP contribution in [0.1, 0.15) is 32.3 Å². The Morgan fingerprint density at radius 3 is 2.33 bits per heavy atom. The molecule has 0 heterocycles. The second-order valence-corrected chi connectivity index (χ2v) is 6.60. The SMILES string of the molecule is CCC(CC)(CN)NS(=O)(=O)c1c(C)cccc1[N+](=O)[O-]. The lowest BCUT2D eigenvalue weighted by Crippen LogP contribution is -2.52. The van der Waals surface area contributed by atoms with Crippen LogP contribution in [0, 0.1) is 17.0 Å².